The molecule has 11 aromatic rings. The molecule has 0 radical (unpaired) electrons. The van der Waals surface area contributed by atoms with E-state index in [9.17, 15) is 0 Å². The Labute approximate surface area is 403 Å². The highest BCUT2D eigenvalue weighted by Gasteiger charge is 2.49. The molecule has 3 aliphatic rings. The number of hydrogen-bond donors (Lipinski definition) is 0. The number of aryl methyl sites for hydroxylation is 3. The SMILES string of the molecule is Cc1ccccc1-c1cc2c(c3c1oc1ccccc13)-c1ccc(N(c3ccc4c(c3)C(C)(C)c3c5c(c6oc7ccccc7c6c3-4)-c3ccccc3C5(C)C)c3c(C)cccc3C)cc1C2(C)C. The van der Waals surface area contributed by atoms with Crippen molar-refractivity contribution >= 4 is 60.9 Å². The molecule has 0 bridgehead atoms. The largest absolute Gasteiger partial charge is 0.455 e. The van der Waals surface area contributed by atoms with Crippen LogP contribution in [-0.4, -0.2) is 0 Å². The van der Waals surface area contributed by atoms with E-state index in [4.69, 9.17) is 8.83 Å². The van der Waals surface area contributed by atoms with Gasteiger partial charge in [-0.15, -0.1) is 0 Å². The van der Waals surface area contributed by atoms with Crippen molar-refractivity contribution in [3.05, 3.63) is 208 Å². The molecule has 0 saturated heterocycles. The highest BCUT2D eigenvalue weighted by Crippen LogP contribution is 2.64. The van der Waals surface area contributed by atoms with Crippen LogP contribution in [0.3, 0.4) is 0 Å². The van der Waals surface area contributed by atoms with Gasteiger partial charge in [0, 0.05) is 60.3 Å². The molecule has 9 aromatic carbocycles. The number of hydrogen-bond acceptors (Lipinski definition) is 3. The third-order valence-corrected chi connectivity index (χ3v) is 16.8. The predicted molar refractivity (Wildman–Crippen MR) is 288 cm³/mol. The van der Waals surface area contributed by atoms with Crippen LogP contribution < -0.4 is 4.90 Å². The average molecular weight is 892 g/mol. The molecule has 0 aliphatic heterocycles. The fourth-order valence-corrected chi connectivity index (χ4v) is 13.5. The zero-order valence-corrected chi connectivity index (χ0v) is 40.8. The molecule has 0 spiro atoms. The standard InChI is InChI=1S/C66H53NO2/c1-36-19-10-11-22-41(36)47-35-51-54(56-45-24-13-16-27-52(45)68-62(47)56)43-31-29-39(33-49(43)64(51,4)5)67(61-37(2)20-18-21-38(61)3)40-30-32-44-50(34-40)66(8,9)59-55(44)57-46-25-14-17-28-53(46)69-63(57)58-42-23-12-15-26-48(42)65(6,7)60(58)59/h10-35H,1-9H3. The van der Waals surface area contributed by atoms with E-state index in [0.717, 1.165) is 44.7 Å². The zero-order valence-electron chi connectivity index (χ0n) is 40.8. The smallest absolute Gasteiger partial charge is 0.144 e. The first-order valence-corrected chi connectivity index (χ1v) is 24.6. The lowest BCUT2D eigenvalue weighted by molar-refractivity contribution is 0.600. The first kappa shape index (κ1) is 40.4. The third kappa shape index (κ3) is 5.13. The van der Waals surface area contributed by atoms with Crippen molar-refractivity contribution in [1.82, 2.24) is 0 Å². The van der Waals surface area contributed by atoms with Gasteiger partial charge in [-0.25, -0.2) is 0 Å². The van der Waals surface area contributed by atoms with Gasteiger partial charge in [-0.1, -0.05) is 157 Å². The monoisotopic (exact) mass is 891 g/mol. The van der Waals surface area contributed by atoms with Crippen molar-refractivity contribution in [2.24, 2.45) is 0 Å². The number of benzene rings is 9. The van der Waals surface area contributed by atoms with Crippen LogP contribution in [0.25, 0.3) is 88.4 Å². The van der Waals surface area contributed by atoms with E-state index in [1.54, 1.807) is 0 Å². The number of fused-ring (bicyclic) bond motifs is 19. The third-order valence-electron chi connectivity index (χ3n) is 16.8. The minimum absolute atomic E-state index is 0.223. The maximum Gasteiger partial charge on any atom is 0.144 e. The average Bonchev–Trinajstić information content (AvgIpc) is 4.09. The summed E-state index contributed by atoms with van der Waals surface area (Å²) in [4.78, 5) is 2.54. The zero-order chi connectivity index (χ0) is 47.0. The normalized spacial score (nSPS) is 15.4. The minimum atomic E-state index is -0.321. The molecule has 69 heavy (non-hydrogen) atoms. The maximum absolute atomic E-state index is 7.00. The van der Waals surface area contributed by atoms with E-state index in [-0.39, 0.29) is 16.2 Å². The Morgan fingerprint density at radius 1 is 0.362 bits per heavy atom. The summed E-state index contributed by atoms with van der Waals surface area (Å²) >= 11 is 0. The minimum Gasteiger partial charge on any atom is -0.455 e. The van der Waals surface area contributed by atoms with Crippen LogP contribution in [0, 0.1) is 20.8 Å². The van der Waals surface area contributed by atoms with Crippen LogP contribution in [0.1, 0.15) is 91.6 Å². The van der Waals surface area contributed by atoms with Gasteiger partial charge >= 0.3 is 0 Å². The lowest BCUT2D eigenvalue weighted by Crippen LogP contribution is -2.24. The number of anilines is 3. The molecule has 0 atom stereocenters. The molecule has 3 heteroatoms. The molecular weight excluding hydrogens is 839 g/mol. The molecule has 0 saturated carbocycles. The van der Waals surface area contributed by atoms with E-state index >= 15 is 0 Å². The van der Waals surface area contributed by atoms with Crippen molar-refractivity contribution in [1.29, 1.82) is 0 Å². The molecule has 0 fully saturated rings. The Balaban J connectivity index is 1.00. The number of furan rings is 2. The Kier molecular flexibility index (Phi) is 7.94. The van der Waals surface area contributed by atoms with Gasteiger partial charge in [-0.2, -0.15) is 0 Å². The van der Waals surface area contributed by atoms with Gasteiger partial charge in [0.15, 0.2) is 0 Å². The quantitative estimate of drug-likeness (QED) is 0.176. The van der Waals surface area contributed by atoms with Gasteiger partial charge < -0.3 is 13.7 Å². The topological polar surface area (TPSA) is 29.5 Å². The number of para-hydroxylation sites is 3. The summed E-state index contributed by atoms with van der Waals surface area (Å²) in [5.41, 5.74) is 28.4. The lowest BCUT2D eigenvalue weighted by atomic mass is 9.72. The fraction of sp³-hybridized carbons (Fsp3) is 0.182. The number of rotatable bonds is 4. The first-order chi connectivity index (χ1) is 33.3. The van der Waals surface area contributed by atoms with E-state index < -0.39 is 0 Å². The van der Waals surface area contributed by atoms with E-state index in [1.165, 1.54) is 111 Å². The summed E-state index contributed by atoms with van der Waals surface area (Å²) in [6.07, 6.45) is 0. The van der Waals surface area contributed by atoms with Crippen molar-refractivity contribution < 1.29 is 8.83 Å². The second kappa shape index (κ2) is 13.5. The van der Waals surface area contributed by atoms with Crippen LogP contribution in [-0.2, 0) is 16.2 Å². The van der Waals surface area contributed by atoms with Crippen LogP contribution in [0.4, 0.5) is 17.1 Å². The van der Waals surface area contributed by atoms with Gasteiger partial charge in [0.1, 0.15) is 22.3 Å². The summed E-state index contributed by atoms with van der Waals surface area (Å²) in [5, 5.41) is 4.75. The van der Waals surface area contributed by atoms with Crippen molar-refractivity contribution in [3.8, 4) is 44.5 Å². The van der Waals surface area contributed by atoms with Gasteiger partial charge in [0.2, 0.25) is 0 Å². The predicted octanol–water partition coefficient (Wildman–Crippen LogP) is 18.5. The lowest BCUT2D eigenvalue weighted by Gasteiger charge is -2.32. The van der Waals surface area contributed by atoms with Crippen molar-refractivity contribution in [2.45, 2.75) is 78.6 Å². The van der Waals surface area contributed by atoms with Crippen LogP contribution >= 0.6 is 0 Å². The van der Waals surface area contributed by atoms with Gasteiger partial charge in [-0.3, -0.25) is 0 Å². The fourth-order valence-electron chi connectivity index (χ4n) is 13.5. The Morgan fingerprint density at radius 2 is 0.855 bits per heavy atom. The molecule has 2 heterocycles. The summed E-state index contributed by atoms with van der Waals surface area (Å²) in [7, 11) is 0. The first-order valence-electron chi connectivity index (χ1n) is 24.6. The van der Waals surface area contributed by atoms with Crippen LogP contribution in [0.15, 0.2) is 167 Å². The van der Waals surface area contributed by atoms with Crippen molar-refractivity contribution in [3.63, 3.8) is 0 Å². The van der Waals surface area contributed by atoms with Crippen LogP contribution in [0.5, 0.6) is 0 Å². The molecule has 334 valence electrons. The van der Waals surface area contributed by atoms with E-state index in [2.05, 4.69) is 225 Å². The Bertz CT molecular complexity index is 4070. The molecule has 0 amide bonds. The molecule has 14 rings (SSSR count). The van der Waals surface area contributed by atoms with Crippen molar-refractivity contribution in [2.75, 3.05) is 4.90 Å². The molecular formula is C66H53NO2. The number of nitrogens with zero attached hydrogens (tertiary/aromatic N) is 1. The van der Waals surface area contributed by atoms with Crippen LogP contribution in [0.2, 0.25) is 0 Å². The molecule has 3 nitrogen and oxygen atoms in total. The van der Waals surface area contributed by atoms with Gasteiger partial charge in [-0.05, 0) is 147 Å². The highest BCUT2D eigenvalue weighted by molar-refractivity contribution is 6.21. The molecule has 0 N–H and O–H groups in total. The summed E-state index contributed by atoms with van der Waals surface area (Å²) in [5.74, 6) is 0. The molecule has 0 unspecified atom stereocenters. The second-order valence-corrected chi connectivity index (χ2v) is 21.7. The maximum atomic E-state index is 7.00. The Morgan fingerprint density at radius 3 is 1.52 bits per heavy atom. The molecule has 3 aliphatic carbocycles. The van der Waals surface area contributed by atoms with E-state index in [0.29, 0.717) is 0 Å². The summed E-state index contributed by atoms with van der Waals surface area (Å²) < 4.78 is 13.9. The van der Waals surface area contributed by atoms with Gasteiger partial charge in [0.25, 0.3) is 0 Å². The highest BCUT2D eigenvalue weighted by atomic mass is 16.3. The van der Waals surface area contributed by atoms with E-state index in [1.807, 2.05) is 0 Å². The second-order valence-electron chi connectivity index (χ2n) is 21.7. The van der Waals surface area contributed by atoms with Gasteiger partial charge in [0.05, 0.1) is 5.69 Å². The molecule has 2 aromatic heterocycles. The Hall–Kier alpha value is -7.62. The summed E-state index contributed by atoms with van der Waals surface area (Å²) in [6.45, 7) is 21.3. The summed E-state index contributed by atoms with van der Waals surface area (Å²) in [6, 6.07) is 58.6.